The highest BCUT2D eigenvalue weighted by molar-refractivity contribution is 6.78. The summed E-state index contributed by atoms with van der Waals surface area (Å²) in [5.41, 5.74) is 0.334. The summed E-state index contributed by atoms with van der Waals surface area (Å²) in [5, 5.41) is 0. The maximum Gasteiger partial charge on any atom is 0.333 e. The molecular weight excluding hydrogens is 204 g/mol. The molecule has 0 aliphatic carbocycles. The molecule has 2 nitrogen and oxygen atoms in total. The molecule has 1 atom stereocenters. The van der Waals surface area contributed by atoms with Crippen LogP contribution in [0.15, 0.2) is 12.2 Å². The largest absolute Gasteiger partial charge is 0.456 e. The maximum atomic E-state index is 11.6. The van der Waals surface area contributed by atoms with Gasteiger partial charge in [-0.3, -0.25) is 0 Å². The molecule has 0 spiro atoms. The minimum atomic E-state index is -1.11. The zero-order valence-corrected chi connectivity index (χ0v) is 11.4. The van der Waals surface area contributed by atoms with Crippen molar-refractivity contribution in [3.63, 3.8) is 0 Å². The second kappa shape index (κ2) is 4.12. The molecule has 3 heteroatoms. The molecule has 1 rings (SSSR count). The Morgan fingerprint density at radius 3 is 2.47 bits per heavy atom. The number of ether oxygens (including phenoxy) is 1. The van der Waals surface area contributed by atoms with Crippen LogP contribution in [0.4, 0.5) is 0 Å². The normalized spacial score (nSPS) is 28.8. The maximum absolute atomic E-state index is 11.6. The second-order valence-electron chi connectivity index (χ2n) is 5.55. The van der Waals surface area contributed by atoms with E-state index in [1.165, 1.54) is 6.04 Å². The smallest absolute Gasteiger partial charge is 0.333 e. The van der Waals surface area contributed by atoms with Crippen molar-refractivity contribution >= 4 is 14.0 Å². The first kappa shape index (κ1) is 12.5. The van der Waals surface area contributed by atoms with E-state index in [4.69, 9.17) is 4.74 Å². The summed E-state index contributed by atoms with van der Waals surface area (Å²) in [6.45, 7) is 12.2. The van der Waals surface area contributed by atoms with Crippen LogP contribution in [0.5, 0.6) is 0 Å². The monoisotopic (exact) mass is 226 g/mol. The third-order valence-electron chi connectivity index (χ3n) is 3.36. The Labute approximate surface area is 93.7 Å². The fourth-order valence-corrected chi connectivity index (χ4v) is 5.91. The standard InChI is InChI=1S/C12H22O2Si/c1-6-12(14-11(13)10(2)3)7-8-15(4,5)9-12/h2,6-9H2,1,3-5H3. The zero-order valence-electron chi connectivity index (χ0n) is 10.4. The molecule has 0 amide bonds. The third-order valence-corrected chi connectivity index (χ3v) is 6.57. The molecule has 86 valence electrons. The number of hydrogen-bond donors (Lipinski definition) is 0. The van der Waals surface area contributed by atoms with Crippen LogP contribution in [0.2, 0.25) is 25.2 Å². The van der Waals surface area contributed by atoms with Crippen LogP contribution in [-0.4, -0.2) is 19.6 Å². The Hall–Kier alpha value is -0.573. The van der Waals surface area contributed by atoms with Gasteiger partial charge in [-0.15, -0.1) is 0 Å². The average molecular weight is 226 g/mol. The van der Waals surface area contributed by atoms with Gasteiger partial charge in [-0.05, 0) is 25.8 Å². The van der Waals surface area contributed by atoms with E-state index in [1.807, 2.05) is 0 Å². The molecule has 1 aliphatic heterocycles. The fourth-order valence-electron chi connectivity index (χ4n) is 2.36. The van der Waals surface area contributed by atoms with Crippen LogP contribution in [-0.2, 0) is 9.53 Å². The van der Waals surface area contributed by atoms with Gasteiger partial charge in [-0.2, -0.15) is 0 Å². The SMILES string of the molecule is C=C(C)C(=O)OC1(CC)CC[Si](C)(C)C1. The summed E-state index contributed by atoms with van der Waals surface area (Å²) in [6.07, 6.45) is 1.98. The molecule has 0 bridgehead atoms. The van der Waals surface area contributed by atoms with Crippen molar-refractivity contribution < 1.29 is 9.53 Å². The molecule has 1 fully saturated rings. The summed E-state index contributed by atoms with van der Waals surface area (Å²) in [6, 6.07) is 2.37. The van der Waals surface area contributed by atoms with Crippen LogP contribution in [0.25, 0.3) is 0 Å². The van der Waals surface area contributed by atoms with Crippen molar-refractivity contribution in [2.24, 2.45) is 0 Å². The van der Waals surface area contributed by atoms with Crippen molar-refractivity contribution in [2.45, 2.75) is 57.5 Å². The highest BCUT2D eigenvalue weighted by Crippen LogP contribution is 2.43. The predicted octanol–water partition coefficient (Wildman–Crippen LogP) is 3.37. The second-order valence-corrected chi connectivity index (χ2v) is 10.7. The Morgan fingerprint density at radius 2 is 2.13 bits per heavy atom. The van der Waals surface area contributed by atoms with E-state index in [9.17, 15) is 4.79 Å². The summed E-state index contributed by atoms with van der Waals surface area (Å²) in [7, 11) is -1.11. The lowest BCUT2D eigenvalue weighted by Crippen LogP contribution is -2.34. The Bertz CT molecular complexity index is 283. The third kappa shape index (κ3) is 2.94. The van der Waals surface area contributed by atoms with Gasteiger partial charge in [0.25, 0.3) is 0 Å². The lowest BCUT2D eigenvalue weighted by Gasteiger charge is -2.29. The van der Waals surface area contributed by atoms with E-state index in [1.54, 1.807) is 6.92 Å². The van der Waals surface area contributed by atoms with E-state index in [-0.39, 0.29) is 11.6 Å². The number of hydrogen-bond acceptors (Lipinski definition) is 2. The number of carbonyl (C=O) groups excluding carboxylic acids is 1. The number of carbonyl (C=O) groups is 1. The lowest BCUT2D eigenvalue weighted by atomic mass is 10.00. The number of rotatable bonds is 3. The van der Waals surface area contributed by atoms with E-state index >= 15 is 0 Å². The van der Waals surface area contributed by atoms with Gasteiger partial charge in [0, 0.05) is 5.57 Å². The molecule has 1 unspecified atom stereocenters. The van der Waals surface area contributed by atoms with Gasteiger partial charge in [0.05, 0.1) is 8.07 Å². The van der Waals surface area contributed by atoms with Crippen molar-refractivity contribution in [2.75, 3.05) is 0 Å². The highest BCUT2D eigenvalue weighted by Gasteiger charge is 2.45. The zero-order chi connectivity index (χ0) is 11.7. The molecular formula is C12H22O2Si. The van der Waals surface area contributed by atoms with Gasteiger partial charge in [0.1, 0.15) is 5.60 Å². The van der Waals surface area contributed by atoms with Gasteiger partial charge >= 0.3 is 5.97 Å². The van der Waals surface area contributed by atoms with Gasteiger partial charge in [0.2, 0.25) is 0 Å². The number of esters is 1. The fraction of sp³-hybridized carbons (Fsp3) is 0.750. The van der Waals surface area contributed by atoms with Gasteiger partial charge in [-0.1, -0.05) is 32.6 Å². The summed E-state index contributed by atoms with van der Waals surface area (Å²) < 4.78 is 5.64. The predicted molar refractivity (Wildman–Crippen MR) is 65.6 cm³/mol. The molecule has 15 heavy (non-hydrogen) atoms. The summed E-state index contributed by atoms with van der Waals surface area (Å²) >= 11 is 0. The minimum absolute atomic E-state index is 0.175. The Morgan fingerprint density at radius 1 is 1.53 bits per heavy atom. The molecule has 1 saturated heterocycles. The van der Waals surface area contributed by atoms with Crippen molar-refractivity contribution in [1.29, 1.82) is 0 Å². The molecule has 0 N–H and O–H groups in total. The van der Waals surface area contributed by atoms with Crippen LogP contribution < -0.4 is 0 Å². The minimum Gasteiger partial charge on any atom is -0.456 e. The van der Waals surface area contributed by atoms with Gasteiger partial charge < -0.3 is 4.74 Å². The van der Waals surface area contributed by atoms with Crippen LogP contribution in [0, 0.1) is 0 Å². The van der Waals surface area contributed by atoms with E-state index in [2.05, 4.69) is 26.6 Å². The molecule has 0 aromatic rings. The summed E-state index contributed by atoms with van der Waals surface area (Å²) in [5.74, 6) is -0.219. The van der Waals surface area contributed by atoms with Crippen molar-refractivity contribution in [1.82, 2.24) is 0 Å². The molecule has 0 radical (unpaired) electrons. The molecule has 0 aromatic carbocycles. The first-order valence-corrected chi connectivity index (χ1v) is 9.11. The lowest BCUT2D eigenvalue weighted by molar-refractivity contribution is -0.152. The quantitative estimate of drug-likeness (QED) is 0.419. The van der Waals surface area contributed by atoms with E-state index < -0.39 is 8.07 Å². The van der Waals surface area contributed by atoms with Gasteiger partial charge in [0.15, 0.2) is 0 Å². The van der Waals surface area contributed by atoms with Gasteiger partial charge in [-0.25, -0.2) is 4.79 Å². The molecule has 0 saturated carbocycles. The molecule has 1 aliphatic rings. The first-order chi connectivity index (χ1) is 6.80. The van der Waals surface area contributed by atoms with Crippen LogP contribution in [0.1, 0.15) is 26.7 Å². The van der Waals surface area contributed by atoms with E-state index in [0.717, 1.165) is 18.9 Å². The first-order valence-electron chi connectivity index (χ1n) is 5.69. The topological polar surface area (TPSA) is 26.3 Å². The van der Waals surface area contributed by atoms with Crippen LogP contribution in [0.3, 0.4) is 0 Å². The van der Waals surface area contributed by atoms with Crippen molar-refractivity contribution in [3.8, 4) is 0 Å². The van der Waals surface area contributed by atoms with Crippen LogP contribution >= 0.6 is 0 Å². The molecule has 0 aromatic heterocycles. The molecule has 1 heterocycles. The average Bonchev–Trinajstić information content (AvgIpc) is 2.42. The van der Waals surface area contributed by atoms with Crippen molar-refractivity contribution in [3.05, 3.63) is 12.2 Å². The Kier molecular flexibility index (Phi) is 3.43. The van der Waals surface area contributed by atoms with E-state index in [0.29, 0.717) is 5.57 Å². The Balaban J connectivity index is 2.72. The summed E-state index contributed by atoms with van der Waals surface area (Å²) in [4.78, 5) is 11.6. The highest BCUT2D eigenvalue weighted by atomic mass is 28.3.